The van der Waals surface area contributed by atoms with Crippen LogP contribution in [-0.2, 0) is 0 Å². The number of thiophene rings is 1. The summed E-state index contributed by atoms with van der Waals surface area (Å²) in [5.41, 5.74) is 1.17. The summed E-state index contributed by atoms with van der Waals surface area (Å²) in [5.74, 6) is 0. The molecule has 0 radical (unpaired) electrons. The molecule has 0 saturated heterocycles. The van der Waals surface area contributed by atoms with E-state index in [0.29, 0.717) is 0 Å². The molecule has 0 amide bonds. The van der Waals surface area contributed by atoms with Gasteiger partial charge in [0.1, 0.15) is 0 Å². The van der Waals surface area contributed by atoms with Gasteiger partial charge >= 0.3 is 0 Å². The first kappa shape index (κ1) is 13.6. The van der Waals surface area contributed by atoms with E-state index in [2.05, 4.69) is 46.4 Å². The van der Waals surface area contributed by atoms with Crippen LogP contribution in [0.15, 0.2) is 28.1 Å². The van der Waals surface area contributed by atoms with E-state index in [1.54, 1.807) is 11.3 Å². The van der Waals surface area contributed by atoms with E-state index in [1.807, 2.05) is 0 Å². The van der Waals surface area contributed by atoms with Crippen LogP contribution >= 0.6 is 27.3 Å². The molecule has 1 aromatic heterocycles. The highest BCUT2D eigenvalue weighted by atomic mass is 79.9. The molecule has 1 fully saturated rings. The van der Waals surface area contributed by atoms with Crippen LogP contribution in [0.25, 0.3) is 10.1 Å². The first-order valence-electron chi connectivity index (χ1n) is 6.95. The van der Waals surface area contributed by atoms with Gasteiger partial charge in [-0.15, -0.1) is 11.3 Å². The highest BCUT2D eigenvalue weighted by Crippen LogP contribution is 2.48. The molecule has 3 rings (SSSR count). The average molecular weight is 339 g/mol. The molecule has 2 aromatic rings. The van der Waals surface area contributed by atoms with Gasteiger partial charge < -0.3 is 5.11 Å². The van der Waals surface area contributed by atoms with Crippen molar-refractivity contribution in [2.24, 2.45) is 5.41 Å². The smallest absolute Gasteiger partial charge is 0.0857 e. The first-order valence-corrected chi connectivity index (χ1v) is 8.63. The van der Waals surface area contributed by atoms with Gasteiger partial charge in [0.25, 0.3) is 0 Å². The van der Waals surface area contributed by atoms with Gasteiger partial charge in [0, 0.05) is 9.17 Å². The van der Waals surface area contributed by atoms with Crippen molar-refractivity contribution < 1.29 is 5.11 Å². The van der Waals surface area contributed by atoms with Crippen molar-refractivity contribution in [3.63, 3.8) is 0 Å². The fourth-order valence-electron chi connectivity index (χ4n) is 3.26. The highest BCUT2D eigenvalue weighted by Gasteiger charge is 2.36. The molecule has 1 unspecified atom stereocenters. The second-order valence-electron chi connectivity index (χ2n) is 5.92. The Morgan fingerprint density at radius 3 is 2.74 bits per heavy atom. The topological polar surface area (TPSA) is 20.2 Å². The van der Waals surface area contributed by atoms with Crippen LogP contribution in [0.5, 0.6) is 0 Å². The minimum Gasteiger partial charge on any atom is -0.388 e. The van der Waals surface area contributed by atoms with Crippen molar-refractivity contribution >= 4 is 37.4 Å². The number of aliphatic hydroxyl groups excluding tert-OH is 1. The maximum absolute atomic E-state index is 10.9. The van der Waals surface area contributed by atoms with Gasteiger partial charge in [0.15, 0.2) is 0 Å². The highest BCUT2D eigenvalue weighted by molar-refractivity contribution is 9.10. The maximum atomic E-state index is 10.9. The van der Waals surface area contributed by atoms with Crippen molar-refractivity contribution in [3.8, 4) is 0 Å². The molecule has 1 aromatic carbocycles. The van der Waals surface area contributed by atoms with E-state index in [0.717, 1.165) is 22.9 Å². The van der Waals surface area contributed by atoms with Crippen molar-refractivity contribution in [2.75, 3.05) is 0 Å². The van der Waals surface area contributed by atoms with Crippen molar-refractivity contribution in [1.82, 2.24) is 0 Å². The van der Waals surface area contributed by atoms with Gasteiger partial charge in [-0.3, -0.25) is 0 Å². The summed E-state index contributed by atoms with van der Waals surface area (Å²) in [5, 5.41) is 14.2. The standard InChI is InChI=1S/C16H19BrOS/c1-16(8-3-2-4-9-16)15(18)12-10-19-14-11(12)6-5-7-13(14)17/h5-7,10,15,18H,2-4,8-9H2,1H3. The van der Waals surface area contributed by atoms with Gasteiger partial charge in [-0.1, -0.05) is 38.3 Å². The summed E-state index contributed by atoms with van der Waals surface area (Å²) < 4.78 is 2.37. The van der Waals surface area contributed by atoms with Gasteiger partial charge in [-0.2, -0.15) is 0 Å². The van der Waals surface area contributed by atoms with Crippen LogP contribution in [0, 0.1) is 5.41 Å². The minimum atomic E-state index is -0.337. The molecule has 0 spiro atoms. The Morgan fingerprint density at radius 1 is 1.26 bits per heavy atom. The molecule has 1 heterocycles. The third kappa shape index (κ3) is 2.37. The number of fused-ring (bicyclic) bond motifs is 1. The molecule has 19 heavy (non-hydrogen) atoms. The molecule has 3 heteroatoms. The molecule has 1 saturated carbocycles. The third-order valence-corrected chi connectivity index (χ3v) is 6.50. The predicted octanol–water partition coefficient (Wildman–Crippen LogP) is 5.67. The van der Waals surface area contributed by atoms with Crippen LogP contribution in [0.4, 0.5) is 0 Å². The number of benzene rings is 1. The summed E-state index contributed by atoms with van der Waals surface area (Å²) >= 11 is 5.32. The fraction of sp³-hybridized carbons (Fsp3) is 0.500. The molecular weight excluding hydrogens is 320 g/mol. The Morgan fingerprint density at radius 2 is 2.00 bits per heavy atom. The Bertz CT molecular complexity index is 583. The second-order valence-corrected chi connectivity index (χ2v) is 7.66. The lowest BCUT2D eigenvalue weighted by Crippen LogP contribution is -2.28. The molecular formula is C16H19BrOS. The number of halogens is 1. The van der Waals surface area contributed by atoms with Crippen molar-refractivity contribution in [1.29, 1.82) is 0 Å². The SMILES string of the molecule is CC1(C(O)c2csc3c(Br)cccc23)CCCCC1. The van der Waals surface area contributed by atoms with E-state index in [4.69, 9.17) is 0 Å². The van der Waals surface area contributed by atoms with E-state index < -0.39 is 0 Å². The van der Waals surface area contributed by atoms with Crippen LogP contribution in [-0.4, -0.2) is 5.11 Å². The largest absolute Gasteiger partial charge is 0.388 e. The van der Waals surface area contributed by atoms with Crippen molar-refractivity contribution in [2.45, 2.75) is 45.1 Å². The van der Waals surface area contributed by atoms with E-state index in [1.165, 1.54) is 29.3 Å². The lowest BCUT2D eigenvalue weighted by molar-refractivity contribution is 0.00943. The van der Waals surface area contributed by atoms with Gasteiger partial charge in [-0.25, -0.2) is 0 Å². The van der Waals surface area contributed by atoms with Gasteiger partial charge in [0.05, 0.1) is 6.10 Å². The number of rotatable bonds is 2. The Kier molecular flexibility index (Phi) is 3.71. The molecule has 102 valence electrons. The lowest BCUT2D eigenvalue weighted by Gasteiger charge is -2.38. The van der Waals surface area contributed by atoms with E-state index in [-0.39, 0.29) is 11.5 Å². The molecule has 0 bridgehead atoms. The monoisotopic (exact) mass is 338 g/mol. The van der Waals surface area contributed by atoms with Crippen LogP contribution in [0.1, 0.15) is 50.7 Å². The molecule has 1 aliphatic rings. The van der Waals surface area contributed by atoms with Gasteiger partial charge in [-0.05, 0) is 56.6 Å². The van der Waals surface area contributed by atoms with Crippen LogP contribution in [0.2, 0.25) is 0 Å². The fourth-order valence-corrected chi connectivity index (χ4v) is 4.90. The zero-order valence-electron chi connectivity index (χ0n) is 11.2. The van der Waals surface area contributed by atoms with Crippen molar-refractivity contribution in [3.05, 3.63) is 33.6 Å². The summed E-state index contributed by atoms with van der Waals surface area (Å²) in [6.07, 6.45) is 5.76. The third-order valence-electron chi connectivity index (χ3n) is 4.53. The van der Waals surface area contributed by atoms with Crippen LogP contribution < -0.4 is 0 Å². The predicted molar refractivity (Wildman–Crippen MR) is 85.7 cm³/mol. The average Bonchev–Trinajstić information content (AvgIpc) is 2.84. The Labute approximate surface area is 126 Å². The van der Waals surface area contributed by atoms with E-state index in [9.17, 15) is 5.11 Å². The summed E-state index contributed by atoms with van der Waals surface area (Å²) in [6, 6.07) is 6.25. The van der Waals surface area contributed by atoms with Crippen LogP contribution in [0.3, 0.4) is 0 Å². The number of hydrogen-bond acceptors (Lipinski definition) is 2. The number of hydrogen-bond donors (Lipinski definition) is 1. The normalized spacial score (nSPS) is 20.6. The summed E-state index contributed by atoms with van der Waals surface area (Å²) in [4.78, 5) is 0. The quantitative estimate of drug-likeness (QED) is 0.748. The zero-order valence-corrected chi connectivity index (χ0v) is 13.6. The summed E-state index contributed by atoms with van der Waals surface area (Å²) in [6.45, 7) is 2.25. The Hall–Kier alpha value is -0.380. The second kappa shape index (κ2) is 5.19. The number of aliphatic hydroxyl groups is 1. The lowest BCUT2D eigenvalue weighted by atomic mass is 9.70. The molecule has 1 N–H and O–H groups in total. The first-order chi connectivity index (χ1) is 9.12. The maximum Gasteiger partial charge on any atom is 0.0857 e. The van der Waals surface area contributed by atoms with E-state index >= 15 is 0 Å². The molecule has 0 aliphatic heterocycles. The minimum absolute atomic E-state index is 0.0502. The zero-order chi connectivity index (χ0) is 13.5. The van der Waals surface area contributed by atoms with Gasteiger partial charge in [0.2, 0.25) is 0 Å². The molecule has 1 aliphatic carbocycles. The molecule has 1 atom stereocenters. The Balaban J connectivity index is 2.02. The summed E-state index contributed by atoms with van der Waals surface area (Å²) in [7, 11) is 0. The molecule has 1 nitrogen and oxygen atoms in total.